The van der Waals surface area contributed by atoms with Gasteiger partial charge in [0.1, 0.15) is 0 Å². The van der Waals surface area contributed by atoms with E-state index in [1.54, 1.807) is 37.3 Å². The highest BCUT2D eigenvalue weighted by molar-refractivity contribution is 7.92. The molecule has 1 heterocycles. The number of para-hydroxylation sites is 1. The van der Waals surface area contributed by atoms with Crippen LogP contribution in [0.1, 0.15) is 5.56 Å². The van der Waals surface area contributed by atoms with Crippen LogP contribution in [0.3, 0.4) is 0 Å². The summed E-state index contributed by atoms with van der Waals surface area (Å²) in [5, 5.41) is 0.305. The first-order chi connectivity index (χ1) is 10.4. The first-order valence-corrected chi connectivity index (χ1v) is 8.23. The third-order valence-electron chi connectivity index (χ3n) is 3.22. The van der Waals surface area contributed by atoms with Crippen LogP contribution in [-0.4, -0.2) is 18.4 Å². The molecule has 22 heavy (non-hydrogen) atoms. The van der Waals surface area contributed by atoms with E-state index in [0.717, 1.165) is 0 Å². The number of hydrogen-bond acceptors (Lipinski definition) is 3. The number of imidazole rings is 1. The molecule has 3 aromatic rings. The lowest BCUT2D eigenvalue weighted by atomic mass is 10.2. The summed E-state index contributed by atoms with van der Waals surface area (Å²) in [5.41, 5.74) is 1.41. The summed E-state index contributed by atoms with van der Waals surface area (Å²) in [5.74, 6) is 0. The fraction of sp³-hybridized carbons (Fsp3) is 0.0714. The molecule has 1 aromatic heterocycles. The average Bonchev–Trinajstić information content (AvgIpc) is 2.79. The molecule has 0 spiro atoms. The number of sulfonamides is 1. The van der Waals surface area contributed by atoms with Gasteiger partial charge in [0.25, 0.3) is 10.0 Å². The van der Waals surface area contributed by atoms with Gasteiger partial charge in [-0.05, 0) is 36.8 Å². The number of aryl methyl sites for hydroxylation is 1. The minimum atomic E-state index is -3.82. The molecule has 6 nitrogen and oxygen atoms in total. The van der Waals surface area contributed by atoms with Crippen molar-refractivity contribution in [3.05, 3.63) is 57.5 Å². The smallest absolute Gasteiger partial charge is 0.306 e. The Bertz CT molecular complexity index is 1020. The molecule has 3 N–H and O–H groups in total. The maximum Gasteiger partial charge on any atom is 0.323 e. The molecular weight excluding hydrogens is 326 g/mol. The number of rotatable bonds is 3. The Hall–Kier alpha value is -2.25. The summed E-state index contributed by atoms with van der Waals surface area (Å²) in [4.78, 5) is 16.5. The fourth-order valence-corrected chi connectivity index (χ4v) is 3.78. The van der Waals surface area contributed by atoms with Crippen molar-refractivity contribution in [1.82, 2.24) is 9.97 Å². The van der Waals surface area contributed by atoms with Crippen LogP contribution in [0.2, 0.25) is 5.02 Å². The highest BCUT2D eigenvalue weighted by Crippen LogP contribution is 2.26. The summed E-state index contributed by atoms with van der Waals surface area (Å²) in [6, 6.07) is 9.59. The van der Waals surface area contributed by atoms with Crippen LogP contribution in [-0.2, 0) is 10.0 Å². The number of nitrogens with one attached hydrogen (secondary N) is 3. The van der Waals surface area contributed by atoms with Gasteiger partial charge < -0.3 is 9.97 Å². The van der Waals surface area contributed by atoms with E-state index in [9.17, 15) is 13.2 Å². The van der Waals surface area contributed by atoms with Crippen LogP contribution in [0.15, 0.2) is 46.1 Å². The molecule has 0 unspecified atom stereocenters. The number of halogens is 1. The highest BCUT2D eigenvalue weighted by Gasteiger charge is 2.19. The van der Waals surface area contributed by atoms with E-state index >= 15 is 0 Å². The number of H-pyrrole nitrogens is 2. The highest BCUT2D eigenvalue weighted by atomic mass is 35.5. The molecule has 8 heteroatoms. The summed E-state index contributed by atoms with van der Waals surface area (Å²) in [7, 11) is -3.82. The van der Waals surface area contributed by atoms with Gasteiger partial charge in [0, 0.05) is 0 Å². The van der Waals surface area contributed by atoms with Crippen molar-refractivity contribution in [1.29, 1.82) is 0 Å². The maximum atomic E-state index is 12.6. The zero-order valence-corrected chi connectivity index (χ0v) is 13.0. The molecule has 3 rings (SSSR count). The molecule has 0 atom stereocenters. The monoisotopic (exact) mass is 337 g/mol. The minimum absolute atomic E-state index is 0.0789. The summed E-state index contributed by atoms with van der Waals surface area (Å²) >= 11 is 5.98. The van der Waals surface area contributed by atoms with E-state index in [0.29, 0.717) is 27.3 Å². The molecule has 0 fully saturated rings. The van der Waals surface area contributed by atoms with Gasteiger partial charge in [0.15, 0.2) is 0 Å². The fourth-order valence-electron chi connectivity index (χ4n) is 2.20. The normalized spacial score (nSPS) is 11.7. The molecule has 0 radical (unpaired) electrons. The van der Waals surface area contributed by atoms with Gasteiger partial charge in [-0.15, -0.1) is 0 Å². The lowest BCUT2D eigenvalue weighted by molar-refractivity contribution is 0.601. The van der Waals surface area contributed by atoms with Crippen LogP contribution in [0.5, 0.6) is 0 Å². The zero-order valence-electron chi connectivity index (χ0n) is 11.5. The van der Waals surface area contributed by atoms with Crippen molar-refractivity contribution in [3.8, 4) is 0 Å². The number of fused-ring (bicyclic) bond motifs is 1. The van der Waals surface area contributed by atoms with Crippen LogP contribution in [0.4, 0.5) is 5.69 Å². The minimum Gasteiger partial charge on any atom is -0.306 e. The SMILES string of the molecule is Cc1cc2[nH]c(=O)[nH]c2cc1S(=O)(=O)Nc1ccccc1Cl. The molecular formula is C14H12ClN3O3S. The molecule has 2 aromatic carbocycles. The van der Waals surface area contributed by atoms with E-state index in [1.165, 1.54) is 6.07 Å². The Morgan fingerprint density at radius 3 is 2.41 bits per heavy atom. The van der Waals surface area contributed by atoms with Crippen molar-refractivity contribution in [2.45, 2.75) is 11.8 Å². The topological polar surface area (TPSA) is 94.8 Å². The van der Waals surface area contributed by atoms with Crippen molar-refractivity contribution in [3.63, 3.8) is 0 Å². The Morgan fingerprint density at radius 2 is 1.73 bits per heavy atom. The quantitative estimate of drug-likeness (QED) is 0.685. The first-order valence-electron chi connectivity index (χ1n) is 6.37. The maximum absolute atomic E-state index is 12.6. The van der Waals surface area contributed by atoms with E-state index in [-0.39, 0.29) is 10.6 Å². The van der Waals surface area contributed by atoms with Gasteiger partial charge in [0.05, 0.1) is 26.6 Å². The van der Waals surface area contributed by atoms with Crippen molar-refractivity contribution < 1.29 is 8.42 Å². The van der Waals surface area contributed by atoms with Gasteiger partial charge in [-0.2, -0.15) is 0 Å². The Labute approximate surface area is 131 Å². The second-order valence-corrected chi connectivity index (χ2v) is 6.89. The number of hydrogen-bond donors (Lipinski definition) is 3. The summed E-state index contributed by atoms with van der Waals surface area (Å²) in [6.45, 7) is 1.66. The van der Waals surface area contributed by atoms with Crippen molar-refractivity contribution in [2.75, 3.05) is 4.72 Å². The predicted octanol–water partition coefficient (Wildman–Crippen LogP) is 2.62. The second kappa shape index (κ2) is 5.19. The van der Waals surface area contributed by atoms with Gasteiger partial charge in [-0.1, -0.05) is 23.7 Å². The lowest BCUT2D eigenvalue weighted by Gasteiger charge is -2.11. The molecule has 0 aliphatic rings. The van der Waals surface area contributed by atoms with E-state index in [1.807, 2.05) is 0 Å². The molecule has 0 bridgehead atoms. The standard InChI is InChI=1S/C14H12ClN3O3S/c1-8-6-11-12(17-14(19)16-11)7-13(8)22(20,21)18-10-5-3-2-4-9(10)15/h2-7,18H,1H3,(H2,16,17,19). The molecule has 0 aliphatic heterocycles. The van der Waals surface area contributed by atoms with Crippen molar-refractivity contribution >= 4 is 38.3 Å². The van der Waals surface area contributed by atoms with Crippen molar-refractivity contribution in [2.24, 2.45) is 0 Å². The Morgan fingerprint density at radius 1 is 1.09 bits per heavy atom. The van der Waals surface area contributed by atoms with E-state index in [2.05, 4.69) is 14.7 Å². The van der Waals surface area contributed by atoms with Gasteiger partial charge in [-0.3, -0.25) is 4.72 Å². The van der Waals surface area contributed by atoms with Crippen LogP contribution >= 0.6 is 11.6 Å². The number of aromatic nitrogens is 2. The van der Waals surface area contributed by atoms with Crippen LogP contribution in [0.25, 0.3) is 11.0 Å². The Balaban J connectivity index is 2.10. The van der Waals surface area contributed by atoms with E-state index < -0.39 is 10.0 Å². The lowest BCUT2D eigenvalue weighted by Crippen LogP contribution is -2.14. The van der Waals surface area contributed by atoms with Gasteiger partial charge >= 0.3 is 5.69 Å². The zero-order chi connectivity index (χ0) is 15.9. The molecule has 0 saturated carbocycles. The Kier molecular flexibility index (Phi) is 3.46. The molecule has 114 valence electrons. The summed E-state index contributed by atoms with van der Waals surface area (Å²) in [6.07, 6.45) is 0. The molecule has 0 amide bonds. The third-order valence-corrected chi connectivity index (χ3v) is 5.06. The number of anilines is 1. The van der Waals surface area contributed by atoms with Gasteiger partial charge in [0.2, 0.25) is 0 Å². The van der Waals surface area contributed by atoms with Gasteiger partial charge in [-0.25, -0.2) is 13.2 Å². The van der Waals surface area contributed by atoms with Crippen LogP contribution < -0.4 is 10.4 Å². The van der Waals surface area contributed by atoms with Crippen LogP contribution in [0, 0.1) is 6.92 Å². The average molecular weight is 338 g/mol. The summed E-state index contributed by atoms with van der Waals surface area (Å²) < 4.78 is 27.6. The largest absolute Gasteiger partial charge is 0.323 e. The molecule has 0 aliphatic carbocycles. The predicted molar refractivity (Wildman–Crippen MR) is 85.9 cm³/mol. The first kappa shape index (κ1) is 14.7. The number of aromatic amines is 2. The second-order valence-electron chi connectivity index (χ2n) is 4.83. The molecule has 0 saturated heterocycles. The third kappa shape index (κ3) is 2.60. The van der Waals surface area contributed by atoms with E-state index in [4.69, 9.17) is 11.6 Å². The number of benzene rings is 2.